The molecule has 3 nitrogen and oxygen atoms in total. The molecule has 0 aromatic carbocycles. The lowest BCUT2D eigenvalue weighted by Crippen LogP contribution is -2.44. The molecule has 0 heterocycles. The fraction of sp³-hybridized carbons (Fsp3) is 1.00. The Morgan fingerprint density at radius 3 is 2.27 bits per heavy atom. The van der Waals surface area contributed by atoms with Gasteiger partial charge in [0, 0.05) is 25.7 Å². The van der Waals surface area contributed by atoms with Crippen LogP contribution in [0.2, 0.25) is 0 Å². The van der Waals surface area contributed by atoms with Gasteiger partial charge in [-0.05, 0) is 33.4 Å². The zero-order chi connectivity index (χ0) is 11.8. The first-order chi connectivity index (χ1) is 7.01. The van der Waals surface area contributed by atoms with Gasteiger partial charge < -0.3 is 15.0 Å². The quantitative estimate of drug-likeness (QED) is 0.667. The smallest absolute Gasteiger partial charge is 0.0628 e. The third-order valence-electron chi connectivity index (χ3n) is 2.85. The van der Waals surface area contributed by atoms with Gasteiger partial charge in [0.25, 0.3) is 0 Å². The molecule has 0 bridgehead atoms. The van der Waals surface area contributed by atoms with Crippen molar-refractivity contribution in [2.45, 2.75) is 39.3 Å². The predicted molar refractivity (Wildman–Crippen MR) is 66.3 cm³/mol. The Bertz CT molecular complexity index is 151. The summed E-state index contributed by atoms with van der Waals surface area (Å²) in [7, 11) is 5.93. The fourth-order valence-corrected chi connectivity index (χ4v) is 1.82. The topological polar surface area (TPSA) is 24.5 Å². The molecule has 0 aliphatic rings. The minimum Gasteiger partial charge on any atom is -0.383 e. The number of hydrogen-bond acceptors (Lipinski definition) is 3. The lowest BCUT2D eigenvalue weighted by Gasteiger charge is -2.29. The van der Waals surface area contributed by atoms with E-state index in [0.29, 0.717) is 12.1 Å². The summed E-state index contributed by atoms with van der Waals surface area (Å²) in [6.45, 7) is 8.65. The van der Waals surface area contributed by atoms with E-state index in [1.807, 2.05) is 7.05 Å². The van der Waals surface area contributed by atoms with Crippen molar-refractivity contribution >= 4 is 0 Å². The molecule has 2 unspecified atom stereocenters. The lowest BCUT2D eigenvalue weighted by molar-refractivity contribution is 0.133. The SMILES string of the molecule is CNC(COC)CN(C)C(C)CC(C)C. The molecule has 1 N–H and O–H groups in total. The molecule has 0 aliphatic heterocycles. The summed E-state index contributed by atoms with van der Waals surface area (Å²) in [5, 5.41) is 3.28. The molecule has 0 aromatic rings. The number of nitrogens with one attached hydrogen (secondary N) is 1. The summed E-state index contributed by atoms with van der Waals surface area (Å²) in [5.74, 6) is 0.762. The van der Waals surface area contributed by atoms with Crippen molar-refractivity contribution in [2.24, 2.45) is 5.92 Å². The molecule has 0 spiro atoms. The van der Waals surface area contributed by atoms with E-state index in [9.17, 15) is 0 Å². The first-order valence-electron chi connectivity index (χ1n) is 5.87. The van der Waals surface area contributed by atoms with Crippen LogP contribution in [0, 0.1) is 5.92 Å². The molecule has 0 aromatic heterocycles. The largest absolute Gasteiger partial charge is 0.383 e. The van der Waals surface area contributed by atoms with Crippen LogP contribution in [0.5, 0.6) is 0 Å². The van der Waals surface area contributed by atoms with Crippen molar-refractivity contribution in [1.29, 1.82) is 0 Å². The van der Waals surface area contributed by atoms with Crippen molar-refractivity contribution in [3.8, 4) is 0 Å². The van der Waals surface area contributed by atoms with Gasteiger partial charge in [-0.25, -0.2) is 0 Å². The van der Waals surface area contributed by atoms with Gasteiger partial charge in [-0.2, -0.15) is 0 Å². The van der Waals surface area contributed by atoms with Crippen LogP contribution in [-0.2, 0) is 4.74 Å². The van der Waals surface area contributed by atoms with E-state index in [2.05, 4.69) is 38.0 Å². The first kappa shape index (κ1) is 14.9. The molecule has 0 amide bonds. The van der Waals surface area contributed by atoms with Crippen LogP contribution in [0.3, 0.4) is 0 Å². The van der Waals surface area contributed by atoms with E-state index >= 15 is 0 Å². The van der Waals surface area contributed by atoms with E-state index in [0.717, 1.165) is 19.1 Å². The molecule has 92 valence electrons. The highest BCUT2D eigenvalue weighted by Crippen LogP contribution is 2.09. The third-order valence-corrected chi connectivity index (χ3v) is 2.85. The van der Waals surface area contributed by atoms with Gasteiger partial charge >= 0.3 is 0 Å². The molecule has 0 fully saturated rings. The van der Waals surface area contributed by atoms with E-state index in [1.165, 1.54) is 6.42 Å². The van der Waals surface area contributed by atoms with Gasteiger partial charge in [-0.1, -0.05) is 13.8 Å². The minimum absolute atomic E-state index is 0.426. The summed E-state index contributed by atoms with van der Waals surface area (Å²) < 4.78 is 5.17. The van der Waals surface area contributed by atoms with Gasteiger partial charge in [-0.3, -0.25) is 0 Å². The van der Waals surface area contributed by atoms with Crippen molar-refractivity contribution < 1.29 is 4.74 Å². The van der Waals surface area contributed by atoms with Crippen LogP contribution in [-0.4, -0.2) is 51.3 Å². The van der Waals surface area contributed by atoms with Gasteiger partial charge in [0.05, 0.1) is 6.61 Å². The second-order valence-electron chi connectivity index (χ2n) is 4.86. The van der Waals surface area contributed by atoms with E-state index in [4.69, 9.17) is 4.74 Å². The Kier molecular flexibility index (Phi) is 8.02. The maximum atomic E-state index is 5.17. The van der Waals surface area contributed by atoms with E-state index in [-0.39, 0.29) is 0 Å². The van der Waals surface area contributed by atoms with Crippen molar-refractivity contribution in [2.75, 3.05) is 34.4 Å². The first-order valence-corrected chi connectivity index (χ1v) is 5.87. The number of ether oxygens (including phenoxy) is 1. The Morgan fingerprint density at radius 1 is 1.27 bits per heavy atom. The van der Waals surface area contributed by atoms with Crippen LogP contribution in [0.15, 0.2) is 0 Å². The van der Waals surface area contributed by atoms with Crippen LogP contribution in [0.1, 0.15) is 27.2 Å². The average molecular weight is 216 g/mol. The summed E-state index contributed by atoms with van der Waals surface area (Å²) in [5.41, 5.74) is 0. The van der Waals surface area contributed by atoms with Crippen LogP contribution in [0.4, 0.5) is 0 Å². The highest BCUT2D eigenvalue weighted by Gasteiger charge is 2.15. The number of hydrogen-bond donors (Lipinski definition) is 1. The van der Waals surface area contributed by atoms with Crippen LogP contribution >= 0.6 is 0 Å². The zero-order valence-corrected chi connectivity index (χ0v) is 11.2. The maximum absolute atomic E-state index is 5.17. The number of nitrogens with zero attached hydrogens (tertiary/aromatic N) is 1. The molecular formula is C12H28N2O. The Labute approximate surface area is 95.2 Å². The summed E-state index contributed by atoms with van der Waals surface area (Å²) in [4.78, 5) is 2.40. The number of likely N-dealkylation sites (N-methyl/N-ethyl adjacent to an activating group) is 2. The Hall–Kier alpha value is -0.120. The summed E-state index contributed by atoms with van der Waals surface area (Å²) in [6, 6.07) is 1.06. The van der Waals surface area contributed by atoms with Gasteiger partial charge in [0.15, 0.2) is 0 Å². The standard InChI is InChI=1S/C12H28N2O/c1-10(2)7-11(3)14(5)8-12(13-4)9-15-6/h10-13H,7-9H2,1-6H3. The van der Waals surface area contributed by atoms with Gasteiger partial charge in [0.1, 0.15) is 0 Å². The lowest BCUT2D eigenvalue weighted by atomic mass is 10.0. The Morgan fingerprint density at radius 2 is 1.87 bits per heavy atom. The van der Waals surface area contributed by atoms with Crippen molar-refractivity contribution in [3.63, 3.8) is 0 Å². The second-order valence-corrected chi connectivity index (χ2v) is 4.86. The molecule has 0 saturated heterocycles. The van der Waals surface area contributed by atoms with Gasteiger partial charge in [-0.15, -0.1) is 0 Å². The summed E-state index contributed by atoms with van der Waals surface area (Å²) in [6.07, 6.45) is 1.25. The predicted octanol–water partition coefficient (Wildman–Crippen LogP) is 1.59. The van der Waals surface area contributed by atoms with Gasteiger partial charge in [0.2, 0.25) is 0 Å². The maximum Gasteiger partial charge on any atom is 0.0628 e. The molecule has 0 saturated carbocycles. The average Bonchev–Trinajstić information content (AvgIpc) is 2.15. The summed E-state index contributed by atoms with van der Waals surface area (Å²) >= 11 is 0. The molecule has 15 heavy (non-hydrogen) atoms. The highest BCUT2D eigenvalue weighted by molar-refractivity contribution is 4.72. The van der Waals surface area contributed by atoms with Crippen molar-refractivity contribution in [3.05, 3.63) is 0 Å². The second kappa shape index (κ2) is 8.08. The number of rotatable bonds is 8. The molecular weight excluding hydrogens is 188 g/mol. The number of methoxy groups -OCH3 is 1. The van der Waals surface area contributed by atoms with Crippen LogP contribution in [0.25, 0.3) is 0 Å². The van der Waals surface area contributed by atoms with E-state index in [1.54, 1.807) is 7.11 Å². The van der Waals surface area contributed by atoms with E-state index < -0.39 is 0 Å². The van der Waals surface area contributed by atoms with Crippen LogP contribution < -0.4 is 5.32 Å². The molecule has 0 aliphatic carbocycles. The molecule has 0 radical (unpaired) electrons. The minimum atomic E-state index is 0.426. The Balaban J connectivity index is 3.91. The molecule has 0 rings (SSSR count). The third kappa shape index (κ3) is 6.88. The van der Waals surface area contributed by atoms with Crippen molar-refractivity contribution in [1.82, 2.24) is 10.2 Å². The molecule has 2 atom stereocenters. The normalized spacial score (nSPS) is 16.0. The highest BCUT2D eigenvalue weighted by atomic mass is 16.5. The zero-order valence-electron chi connectivity index (χ0n) is 11.2. The molecule has 3 heteroatoms. The monoisotopic (exact) mass is 216 g/mol. The fourth-order valence-electron chi connectivity index (χ4n) is 1.82.